The van der Waals surface area contributed by atoms with Crippen LogP contribution >= 0.6 is 0 Å². The number of amides is 1. The van der Waals surface area contributed by atoms with Crippen LogP contribution in [0.1, 0.15) is 20.3 Å². The second-order valence-corrected chi connectivity index (χ2v) is 2.00. The maximum absolute atomic E-state index is 9.59. The van der Waals surface area contributed by atoms with Gasteiger partial charge in [0.05, 0.1) is 0 Å². The molecule has 1 amide bonds. The molecule has 0 aliphatic heterocycles. The van der Waals surface area contributed by atoms with Crippen molar-refractivity contribution in [3.63, 3.8) is 0 Å². The van der Waals surface area contributed by atoms with E-state index in [0.29, 0.717) is 5.92 Å². The molecular weight excluding hydrogens is 102 g/mol. The van der Waals surface area contributed by atoms with Crippen molar-refractivity contribution in [3.8, 4) is 0 Å². The predicted molar refractivity (Wildman–Crippen MR) is 33.2 cm³/mol. The summed E-state index contributed by atoms with van der Waals surface area (Å²) in [6.45, 7) is 4.93. The summed E-state index contributed by atoms with van der Waals surface area (Å²) in [5.41, 5.74) is 0. The molecule has 0 aliphatic carbocycles. The maximum Gasteiger partial charge on any atom is 0.309 e. The Kier molecular flexibility index (Phi) is 4.32. The summed E-state index contributed by atoms with van der Waals surface area (Å²) in [6, 6.07) is 0. The van der Waals surface area contributed by atoms with Crippen LogP contribution in [0.5, 0.6) is 0 Å². The fraction of sp³-hybridized carbons (Fsp3) is 0.833. The van der Waals surface area contributed by atoms with E-state index in [0.717, 1.165) is 13.0 Å². The Labute approximate surface area is 50.3 Å². The van der Waals surface area contributed by atoms with E-state index in [1.807, 2.05) is 0 Å². The molecule has 0 saturated heterocycles. The molecule has 0 spiro atoms. The molecule has 2 heteroatoms. The van der Waals surface area contributed by atoms with Gasteiger partial charge in [0.15, 0.2) is 0 Å². The Morgan fingerprint density at radius 1 is 1.75 bits per heavy atom. The number of rotatable bonds is 4. The Morgan fingerprint density at radius 2 is 2.38 bits per heavy atom. The average molecular weight is 114 g/mol. The zero-order chi connectivity index (χ0) is 6.41. The molecule has 0 aliphatic rings. The van der Waals surface area contributed by atoms with Gasteiger partial charge in [-0.3, -0.25) is 4.79 Å². The lowest BCUT2D eigenvalue weighted by Gasteiger charge is -2.03. The lowest BCUT2D eigenvalue weighted by Crippen LogP contribution is -2.18. The smallest absolute Gasteiger partial charge is 0.309 e. The Balaban J connectivity index is 2.97. The predicted octanol–water partition coefficient (Wildman–Crippen LogP) is 0.689. The van der Waals surface area contributed by atoms with Gasteiger partial charge in [-0.05, 0) is 5.92 Å². The molecule has 0 aromatic rings. The van der Waals surface area contributed by atoms with Gasteiger partial charge in [0.2, 0.25) is 0 Å². The molecule has 8 heavy (non-hydrogen) atoms. The molecule has 47 valence electrons. The van der Waals surface area contributed by atoms with Crippen molar-refractivity contribution in [3.05, 3.63) is 0 Å². The van der Waals surface area contributed by atoms with Crippen molar-refractivity contribution < 1.29 is 4.79 Å². The fourth-order valence-electron chi connectivity index (χ4n) is 0.360. The van der Waals surface area contributed by atoms with Crippen LogP contribution in [0.2, 0.25) is 0 Å². The number of hydrogen-bond acceptors (Lipinski definition) is 1. The van der Waals surface area contributed by atoms with Crippen LogP contribution in [0, 0.1) is 5.92 Å². The third kappa shape index (κ3) is 3.65. The van der Waals surface area contributed by atoms with Gasteiger partial charge in [0.25, 0.3) is 0 Å². The van der Waals surface area contributed by atoms with E-state index in [4.69, 9.17) is 0 Å². The van der Waals surface area contributed by atoms with Gasteiger partial charge in [0, 0.05) is 6.54 Å². The molecule has 0 aromatic carbocycles. The summed E-state index contributed by atoms with van der Waals surface area (Å²) in [5, 5.41) is 2.49. The Bertz CT molecular complexity index is 63.5. The topological polar surface area (TPSA) is 29.1 Å². The highest BCUT2D eigenvalue weighted by atomic mass is 16.1. The largest absolute Gasteiger partial charge is 0.348 e. The summed E-state index contributed by atoms with van der Waals surface area (Å²) >= 11 is 0. The van der Waals surface area contributed by atoms with E-state index in [2.05, 4.69) is 19.2 Å². The lowest BCUT2D eigenvalue weighted by molar-refractivity contribution is 0.508. The van der Waals surface area contributed by atoms with E-state index in [1.165, 1.54) is 0 Å². The van der Waals surface area contributed by atoms with Crippen LogP contribution in [0.4, 0.5) is 0 Å². The first-order chi connectivity index (χ1) is 3.81. The van der Waals surface area contributed by atoms with Crippen LogP contribution in [0.15, 0.2) is 0 Å². The molecule has 0 fully saturated rings. The normalized spacial score (nSPS) is 12.8. The molecule has 2 nitrogen and oxygen atoms in total. The monoisotopic (exact) mass is 114 g/mol. The second kappa shape index (κ2) is 4.62. The first-order valence-electron chi connectivity index (χ1n) is 2.91. The molecule has 1 radical (unpaired) electrons. The van der Waals surface area contributed by atoms with Gasteiger partial charge in [-0.25, -0.2) is 0 Å². The fourth-order valence-corrected chi connectivity index (χ4v) is 0.360. The number of nitrogens with one attached hydrogen (secondary N) is 1. The first kappa shape index (κ1) is 7.47. The molecule has 0 rings (SSSR count). The summed E-state index contributed by atoms with van der Waals surface area (Å²) in [4.78, 5) is 9.59. The van der Waals surface area contributed by atoms with E-state index >= 15 is 0 Å². The van der Waals surface area contributed by atoms with Crippen molar-refractivity contribution >= 4 is 6.41 Å². The third-order valence-electron chi connectivity index (χ3n) is 1.22. The highest BCUT2D eigenvalue weighted by molar-refractivity contribution is 5.46. The second-order valence-electron chi connectivity index (χ2n) is 2.00. The summed E-state index contributed by atoms with van der Waals surface area (Å²) < 4.78 is 0. The highest BCUT2D eigenvalue weighted by Crippen LogP contribution is 1.95. The van der Waals surface area contributed by atoms with Crippen LogP contribution in [0.25, 0.3) is 0 Å². The van der Waals surface area contributed by atoms with Gasteiger partial charge in [0.1, 0.15) is 0 Å². The van der Waals surface area contributed by atoms with Crippen molar-refractivity contribution in [1.82, 2.24) is 5.32 Å². The Hall–Kier alpha value is -0.530. The third-order valence-corrected chi connectivity index (χ3v) is 1.22. The number of hydrogen-bond donors (Lipinski definition) is 1. The standard InChI is InChI=1S/C6H12NO/c1-3-6(2)4-7-5-8/h6H,3-4H2,1-2H3,(H,7,8). The highest BCUT2D eigenvalue weighted by Gasteiger charge is 1.94. The minimum absolute atomic E-state index is 0.580. The maximum atomic E-state index is 9.59. The van der Waals surface area contributed by atoms with E-state index in [1.54, 1.807) is 6.41 Å². The average Bonchev–Trinajstić information content (AvgIpc) is 1.83. The molecular formula is C6H12NO. The van der Waals surface area contributed by atoms with Gasteiger partial charge < -0.3 is 5.32 Å². The Morgan fingerprint density at radius 3 is 2.75 bits per heavy atom. The molecule has 0 aromatic heterocycles. The van der Waals surface area contributed by atoms with Crippen molar-refractivity contribution in [2.75, 3.05) is 6.54 Å². The van der Waals surface area contributed by atoms with E-state index < -0.39 is 0 Å². The van der Waals surface area contributed by atoms with Crippen molar-refractivity contribution in [2.45, 2.75) is 20.3 Å². The summed E-state index contributed by atoms with van der Waals surface area (Å²) in [5.74, 6) is 0.580. The molecule has 0 bridgehead atoms. The summed E-state index contributed by atoms with van der Waals surface area (Å²) in [7, 11) is 0. The van der Waals surface area contributed by atoms with E-state index in [-0.39, 0.29) is 0 Å². The molecule has 1 unspecified atom stereocenters. The van der Waals surface area contributed by atoms with Crippen molar-refractivity contribution in [1.29, 1.82) is 0 Å². The van der Waals surface area contributed by atoms with Crippen LogP contribution in [-0.4, -0.2) is 13.0 Å². The quantitative estimate of drug-likeness (QED) is 0.535. The first-order valence-corrected chi connectivity index (χ1v) is 2.91. The zero-order valence-electron chi connectivity index (χ0n) is 5.40. The lowest BCUT2D eigenvalue weighted by atomic mass is 10.1. The number of carbonyl (C=O) groups excluding carboxylic acids is 1. The molecule has 0 saturated carbocycles. The van der Waals surface area contributed by atoms with E-state index in [9.17, 15) is 4.79 Å². The molecule has 0 heterocycles. The van der Waals surface area contributed by atoms with Crippen LogP contribution < -0.4 is 5.32 Å². The van der Waals surface area contributed by atoms with Gasteiger partial charge in [-0.15, -0.1) is 0 Å². The van der Waals surface area contributed by atoms with Gasteiger partial charge in [-0.2, -0.15) is 0 Å². The zero-order valence-corrected chi connectivity index (χ0v) is 5.40. The van der Waals surface area contributed by atoms with Crippen molar-refractivity contribution in [2.24, 2.45) is 5.92 Å². The van der Waals surface area contributed by atoms with Gasteiger partial charge in [-0.1, -0.05) is 20.3 Å². The molecule has 1 atom stereocenters. The van der Waals surface area contributed by atoms with Crippen LogP contribution in [0.3, 0.4) is 0 Å². The minimum atomic E-state index is 0.580. The molecule has 1 N–H and O–H groups in total. The van der Waals surface area contributed by atoms with Crippen LogP contribution in [-0.2, 0) is 4.79 Å². The summed E-state index contributed by atoms with van der Waals surface area (Å²) in [6.07, 6.45) is 2.74. The SMILES string of the molecule is CCC(C)CN[C]=O. The minimum Gasteiger partial charge on any atom is -0.348 e. The van der Waals surface area contributed by atoms with Gasteiger partial charge >= 0.3 is 6.41 Å².